The number of benzene rings is 3. The third-order valence-electron chi connectivity index (χ3n) is 3.82. The molecule has 3 rings (SSSR count). The number of rotatable bonds is 4. The van der Waals surface area contributed by atoms with Gasteiger partial charge in [0.2, 0.25) is 0 Å². The van der Waals surface area contributed by atoms with Crippen molar-refractivity contribution >= 4 is 28.2 Å². The number of hydrogen-bond acceptors (Lipinski definition) is 3. The van der Waals surface area contributed by atoms with Crippen molar-refractivity contribution in [3.63, 3.8) is 0 Å². The Labute approximate surface area is 146 Å². The summed E-state index contributed by atoms with van der Waals surface area (Å²) in [4.78, 5) is 11.9. The number of anilines is 1. The predicted octanol–water partition coefficient (Wildman–Crippen LogP) is 4.39. The van der Waals surface area contributed by atoms with E-state index in [1.54, 1.807) is 7.11 Å². The number of carbonyl (C=O) groups excluding carboxylic acids is 1. The van der Waals surface area contributed by atoms with Crippen LogP contribution in [-0.2, 0) is 0 Å². The van der Waals surface area contributed by atoms with E-state index in [0.717, 1.165) is 27.8 Å². The standard InChI is InChI=1S/C20H19N3O2/c1-14(22-23-20(24)21-18-6-4-3-5-7-18)15-8-9-17-13-19(25-2)11-10-16(17)12-15/h3-13H,1-2H3,(H2,21,23,24)/b22-14-. The maximum Gasteiger partial charge on any atom is 0.339 e. The molecule has 0 aromatic heterocycles. The molecule has 0 saturated heterocycles. The van der Waals surface area contributed by atoms with Gasteiger partial charge < -0.3 is 10.1 Å². The molecule has 2 N–H and O–H groups in total. The highest BCUT2D eigenvalue weighted by Crippen LogP contribution is 2.22. The smallest absolute Gasteiger partial charge is 0.339 e. The zero-order chi connectivity index (χ0) is 17.6. The average Bonchev–Trinajstić information content (AvgIpc) is 2.66. The number of nitrogens with zero attached hydrogens (tertiary/aromatic N) is 1. The van der Waals surface area contributed by atoms with Gasteiger partial charge in [-0.1, -0.05) is 36.4 Å². The maximum absolute atomic E-state index is 11.9. The topological polar surface area (TPSA) is 62.7 Å². The molecule has 0 unspecified atom stereocenters. The van der Waals surface area contributed by atoms with E-state index in [1.807, 2.05) is 73.7 Å². The third-order valence-corrected chi connectivity index (χ3v) is 3.82. The number of amides is 2. The second-order valence-corrected chi connectivity index (χ2v) is 5.56. The van der Waals surface area contributed by atoms with Gasteiger partial charge in [0.15, 0.2) is 0 Å². The molecule has 0 radical (unpaired) electrons. The fraction of sp³-hybridized carbons (Fsp3) is 0.100. The normalized spacial score (nSPS) is 11.2. The minimum atomic E-state index is -0.379. The lowest BCUT2D eigenvalue weighted by Gasteiger charge is -2.07. The zero-order valence-corrected chi connectivity index (χ0v) is 14.1. The molecule has 0 aliphatic carbocycles. The van der Waals surface area contributed by atoms with Gasteiger partial charge >= 0.3 is 6.03 Å². The summed E-state index contributed by atoms with van der Waals surface area (Å²) < 4.78 is 5.24. The Morgan fingerprint density at radius 3 is 2.44 bits per heavy atom. The molecule has 5 heteroatoms. The minimum Gasteiger partial charge on any atom is -0.497 e. The Bertz CT molecular complexity index is 921. The van der Waals surface area contributed by atoms with E-state index >= 15 is 0 Å². The van der Waals surface area contributed by atoms with Crippen LogP contribution in [-0.4, -0.2) is 18.9 Å². The minimum absolute atomic E-state index is 0.379. The lowest BCUT2D eigenvalue weighted by molar-refractivity contribution is 0.252. The van der Waals surface area contributed by atoms with E-state index in [-0.39, 0.29) is 6.03 Å². The summed E-state index contributed by atoms with van der Waals surface area (Å²) in [7, 11) is 1.65. The van der Waals surface area contributed by atoms with Crippen molar-refractivity contribution in [2.75, 3.05) is 12.4 Å². The van der Waals surface area contributed by atoms with E-state index < -0.39 is 0 Å². The summed E-state index contributed by atoms with van der Waals surface area (Å²) in [5.74, 6) is 0.824. The van der Waals surface area contributed by atoms with Crippen molar-refractivity contribution in [2.45, 2.75) is 6.92 Å². The molecule has 0 atom stereocenters. The Hall–Kier alpha value is -3.34. The molecule has 0 saturated carbocycles. The van der Waals surface area contributed by atoms with Gasteiger partial charge in [0.05, 0.1) is 12.8 Å². The molecule has 3 aromatic carbocycles. The molecule has 0 spiro atoms. The van der Waals surface area contributed by atoms with Gasteiger partial charge in [-0.2, -0.15) is 5.10 Å². The van der Waals surface area contributed by atoms with Crippen LogP contribution in [0.5, 0.6) is 5.75 Å². The van der Waals surface area contributed by atoms with Crippen molar-refractivity contribution < 1.29 is 9.53 Å². The van der Waals surface area contributed by atoms with Gasteiger partial charge in [-0.15, -0.1) is 0 Å². The second kappa shape index (κ2) is 7.49. The summed E-state index contributed by atoms with van der Waals surface area (Å²) >= 11 is 0. The number of para-hydroxylation sites is 1. The van der Waals surface area contributed by atoms with Gasteiger partial charge in [-0.3, -0.25) is 0 Å². The summed E-state index contributed by atoms with van der Waals surface area (Å²) in [5, 5.41) is 9.05. The van der Waals surface area contributed by atoms with Crippen LogP contribution in [0.15, 0.2) is 71.8 Å². The summed E-state index contributed by atoms with van der Waals surface area (Å²) in [6.07, 6.45) is 0. The molecular weight excluding hydrogens is 314 g/mol. The van der Waals surface area contributed by atoms with E-state index in [0.29, 0.717) is 5.69 Å². The quantitative estimate of drug-likeness (QED) is 0.549. The van der Waals surface area contributed by atoms with E-state index in [4.69, 9.17) is 4.74 Å². The van der Waals surface area contributed by atoms with Gasteiger partial charge in [-0.25, -0.2) is 10.2 Å². The van der Waals surface area contributed by atoms with E-state index in [2.05, 4.69) is 15.8 Å². The highest BCUT2D eigenvalue weighted by atomic mass is 16.5. The second-order valence-electron chi connectivity index (χ2n) is 5.56. The molecule has 0 fully saturated rings. The van der Waals surface area contributed by atoms with Gasteiger partial charge in [0.1, 0.15) is 5.75 Å². The molecular formula is C20H19N3O2. The first-order valence-electron chi connectivity index (χ1n) is 7.90. The number of urea groups is 1. The van der Waals surface area contributed by atoms with Crippen LogP contribution in [0.1, 0.15) is 12.5 Å². The first-order valence-corrected chi connectivity index (χ1v) is 7.90. The predicted molar refractivity (Wildman–Crippen MR) is 101 cm³/mol. The summed E-state index contributed by atoms with van der Waals surface area (Å²) in [6.45, 7) is 1.85. The monoisotopic (exact) mass is 333 g/mol. The number of hydrogen-bond donors (Lipinski definition) is 2. The van der Waals surface area contributed by atoms with Crippen molar-refractivity contribution in [3.05, 3.63) is 72.3 Å². The number of carbonyl (C=O) groups is 1. The van der Waals surface area contributed by atoms with Crippen LogP contribution >= 0.6 is 0 Å². The Kier molecular flexibility index (Phi) is 4.95. The molecule has 0 aliphatic rings. The van der Waals surface area contributed by atoms with Crippen LogP contribution < -0.4 is 15.5 Å². The van der Waals surface area contributed by atoms with Crippen molar-refractivity contribution in [1.29, 1.82) is 0 Å². The first-order chi connectivity index (χ1) is 12.2. The maximum atomic E-state index is 11.9. The largest absolute Gasteiger partial charge is 0.497 e. The molecule has 3 aromatic rings. The first kappa shape index (κ1) is 16.5. The molecule has 126 valence electrons. The van der Waals surface area contributed by atoms with Crippen molar-refractivity contribution in [2.24, 2.45) is 5.10 Å². The Balaban J connectivity index is 1.71. The lowest BCUT2D eigenvalue weighted by Crippen LogP contribution is -2.25. The molecule has 5 nitrogen and oxygen atoms in total. The number of hydrazone groups is 1. The SMILES string of the molecule is COc1ccc2cc(/C(C)=N\NC(=O)Nc3ccccc3)ccc2c1. The highest BCUT2D eigenvalue weighted by molar-refractivity contribution is 6.02. The van der Waals surface area contributed by atoms with E-state index in [1.165, 1.54) is 0 Å². The number of methoxy groups -OCH3 is 1. The Morgan fingerprint density at radius 1 is 0.960 bits per heavy atom. The van der Waals surface area contributed by atoms with Crippen LogP contribution in [0.3, 0.4) is 0 Å². The van der Waals surface area contributed by atoms with Crippen molar-refractivity contribution in [3.8, 4) is 5.75 Å². The molecule has 2 amide bonds. The van der Waals surface area contributed by atoms with Crippen LogP contribution in [0.25, 0.3) is 10.8 Å². The molecule has 25 heavy (non-hydrogen) atoms. The van der Waals surface area contributed by atoms with Gasteiger partial charge in [0.25, 0.3) is 0 Å². The van der Waals surface area contributed by atoms with Crippen molar-refractivity contribution in [1.82, 2.24) is 5.43 Å². The van der Waals surface area contributed by atoms with Gasteiger partial charge in [0, 0.05) is 5.69 Å². The fourth-order valence-electron chi connectivity index (χ4n) is 2.46. The molecule has 0 aliphatic heterocycles. The zero-order valence-electron chi connectivity index (χ0n) is 14.1. The molecule has 0 bridgehead atoms. The number of fused-ring (bicyclic) bond motifs is 1. The van der Waals surface area contributed by atoms with Crippen LogP contribution in [0.2, 0.25) is 0 Å². The average molecular weight is 333 g/mol. The van der Waals surface area contributed by atoms with Crippen LogP contribution in [0.4, 0.5) is 10.5 Å². The lowest BCUT2D eigenvalue weighted by atomic mass is 10.0. The van der Waals surface area contributed by atoms with Gasteiger partial charge in [-0.05, 0) is 53.6 Å². The summed E-state index contributed by atoms with van der Waals surface area (Å²) in [5.41, 5.74) is 4.89. The van der Waals surface area contributed by atoms with E-state index in [9.17, 15) is 4.79 Å². The number of ether oxygens (including phenoxy) is 1. The number of nitrogens with one attached hydrogen (secondary N) is 2. The van der Waals surface area contributed by atoms with Crippen LogP contribution in [0, 0.1) is 0 Å². The fourth-order valence-corrected chi connectivity index (χ4v) is 2.46. The third kappa shape index (κ3) is 4.14. The highest BCUT2D eigenvalue weighted by Gasteiger charge is 2.03. The molecule has 0 heterocycles. The Morgan fingerprint density at radius 2 is 1.68 bits per heavy atom. The summed E-state index contributed by atoms with van der Waals surface area (Å²) in [6, 6.07) is 20.8.